The van der Waals surface area contributed by atoms with Gasteiger partial charge in [0, 0.05) is 17.9 Å². The predicted octanol–water partition coefficient (Wildman–Crippen LogP) is 2.72. The van der Waals surface area contributed by atoms with Crippen LogP contribution in [0.3, 0.4) is 0 Å². The molecular weight excluding hydrogens is 328 g/mol. The van der Waals surface area contributed by atoms with Crippen LogP contribution in [0.25, 0.3) is 22.3 Å². The molecule has 24 heavy (non-hydrogen) atoms. The summed E-state index contributed by atoms with van der Waals surface area (Å²) in [6.45, 7) is 0. The zero-order valence-corrected chi connectivity index (χ0v) is 14.3. The second-order valence-corrected chi connectivity index (χ2v) is 7.16. The van der Waals surface area contributed by atoms with Crippen LogP contribution in [0.5, 0.6) is 11.5 Å². The fraction of sp³-hybridized carbons (Fsp3) is 0.176. The van der Waals surface area contributed by atoms with Crippen LogP contribution in [0.15, 0.2) is 47.5 Å². The molecule has 0 aliphatic heterocycles. The van der Waals surface area contributed by atoms with Crippen LogP contribution in [0.2, 0.25) is 0 Å². The summed E-state index contributed by atoms with van der Waals surface area (Å²) in [6, 6.07) is 12.1. The standard InChI is InChI=1S/C17H16N2O4S/c1-22-12-6-4-11(5-7-12)16-17(24(3,20)21)19-14-9-8-13(23-2)10-15(14)18-16/h4-10H,1-3H3. The van der Waals surface area contributed by atoms with E-state index in [0.29, 0.717) is 33.8 Å². The number of hydrogen-bond acceptors (Lipinski definition) is 6. The molecule has 0 fully saturated rings. The molecule has 2 aromatic carbocycles. The molecule has 0 amide bonds. The minimum atomic E-state index is -3.54. The maximum atomic E-state index is 12.2. The van der Waals surface area contributed by atoms with Gasteiger partial charge in [-0.05, 0) is 36.4 Å². The van der Waals surface area contributed by atoms with Gasteiger partial charge in [0.2, 0.25) is 0 Å². The highest BCUT2D eigenvalue weighted by Gasteiger charge is 2.20. The lowest BCUT2D eigenvalue weighted by atomic mass is 10.1. The molecule has 124 valence electrons. The van der Waals surface area contributed by atoms with Crippen LogP contribution in [0.4, 0.5) is 0 Å². The van der Waals surface area contributed by atoms with E-state index in [4.69, 9.17) is 9.47 Å². The summed E-state index contributed by atoms with van der Waals surface area (Å²) in [6.07, 6.45) is 1.12. The van der Waals surface area contributed by atoms with Gasteiger partial charge in [-0.25, -0.2) is 18.4 Å². The van der Waals surface area contributed by atoms with E-state index < -0.39 is 9.84 Å². The van der Waals surface area contributed by atoms with E-state index >= 15 is 0 Å². The Hall–Kier alpha value is -2.67. The van der Waals surface area contributed by atoms with Gasteiger partial charge >= 0.3 is 0 Å². The van der Waals surface area contributed by atoms with Gasteiger partial charge in [-0.1, -0.05) is 0 Å². The lowest BCUT2D eigenvalue weighted by Crippen LogP contribution is -2.06. The number of aromatic nitrogens is 2. The molecule has 3 aromatic rings. The number of benzene rings is 2. The number of fused-ring (bicyclic) bond motifs is 1. The van der Waals surface area contributed by atoms with Crippen LogP contribution in [-0.2, 0) is 9.84 Å². The molecule has 0 radical (unpaired) electrons. The number of rotatable bonds is 4. The summed E-state index contributed by atoms with van der Waals surface area (Å²) in [5.41, 5.74) is 2.01. The minimum absolute atomic E-state index is 0.0506. The van der Waals surface area contributed by atoms with Crippen LogP contribution in [0.1, 0.15) is 0 Å². The molecule has 0 saturated carbocycles. The monoisotopic (exact) mass is 344 g/mol. The first kappa shape index (κ1) is 16.2. The summed E-state index contributed by atoms with van der Waals surface area (Å²) >= 11 is 0. The van der Waals surface area contributed by atoms with Gasteiger partial charge in [0.15, 0.2) is 14.9 Å². The Morgan fingerprint density at radius 3 is 2.04 bits per heavy atom. The highest BCUT2D eigenvalue weighted by atomic mass is 32.2. The van der Waals surface area contributed by atoms with Crippen LogP contribution < -0.4 is 9.47 Å². The molecule has 0 bridgehead atoms. The van der Waals surface area contributed by atoms with Crippen molar-refractivity contribution < 1.29 is 17.9 Å². The Morgan fingerprint density at radius 1 is 0.833 bits per heavy atom. The molecule has 6 nitrogen and oxygen atoms in total. The maximum absolute atomic E-state index is 12.2. The Labute approximate surface area is 140 Å². The van der Waals surface area contributed by atoms with Gasteiger partial charge in [-0.15, -0.1) is 0 Å². The fourth-order valence-corrected chi connectivity index (χ4v) is 3.12. The molecule has 0 saturated heterocycles. The molecule has 0 aliphatic carbocycles. The van der Waals surface area contributed by atoms with E-state index in [2.05, 4.69) is 9.97 Å². The quantitative estimate of drug-likeness (QED) is 0.724. The Morgan fingerprint density at radius 2 is 1.46 bits per heavy atom. The first-order chi connectivity index (χ1) is 11.4. The zero-order chi connectivity index (χ0) is 17.3. The molecule has 0 aliphatic rings. The van der Waals surface area contributed by atoms with Gasteiger partial charge in [0.1, 0.15) is 17.2 Å². The van der Waals surface area contributed by atoms with Gasteiger partial charge in [0.25, 0.3) is 0 Å². The number of ether oxygens (including phenoxy) is 2. The van der Waals surface area contributed by atoms with Gasteiger partial charge in [0.05, 0.1) is 25.3 Å². The van der Waals surface area contributed by atoms with Crippen molar-refractivity contribution in [1.29, 1.82) is 0 Å². The van der Waals surface area contributed by atoms with Crippen molar-refractivity contribution in [3.05, 3.63) is 42.5 Å². The number of sulfone groups is 1. The van der Waals surface area contributed by atoms with E-state index in [-0.39, 0.29) is 5.03 Å². The van der Waals surface area contributed by atoms with E-state index in [0.717, 1.165) is 6.26 Å². The highest BCUT2D eigenvalue weighted by Crippen LogP contribution is 2.29. The number of hydrogen-bond donors (Lipinski definition) is 0. The smallest absolute Gasteiger partial charge is 0.194 e. The lowest BCUT2D eigenvalue weighted by molar-refractivity contribution is 0.415. The molecular formula is C17H16N2O4S. The Kier molecular flexibility index (Phi) is 4.11. The van der Waals surface area contributed by atoms with E-state index in [1.54, 1.807) is 56.7 Å². The van der Waals surface area contributed by atoms with Crippen LogP contribution in [-0.4, -0.2) is 38.9 Å². The van der Waals surface area contributed by atoms with Crippen molar-refractivity contribution in [2.24, 2.45) is 0 Å². The average molecular weight is 344 g/mol. The first-order valence-corrected chi connectivity index (χ1v) is 9.02. The van der Waals surface area contributed by atoms with E-state index in [9.17, 15) is 8.42 Å². The topological polar surface area (TPSA) is 78.4 Å². The molecule has 1 heterocycles. The molecule has 0 spiro atoms. The van der Waals surface area contributed by atoms with Crippen molar-refractivity contribution in [2.75, 3.05) is 20.5 Å². The second-order valence-electron chi connectivity index (χ2n) is 5.23. The zero-order valence-electron chi connectivity index (χ0n) is 13.5. The largest absolute Gasteiger partial charge is 0.497 e. The maximum Gasteiger partial charge on any atom is 0.194 e. The number of methoxy groups -OCH3 is 2. The molecule has 0 N–H and O–H groups in total. The van der Waals surface area contributed by atoms with Crippen LogP contribution >= 0.6 is 0 Å². The summed E-state index contributed by atoms with van der Waals surface area (Å²) in [5, 5.41) is -0.0506. The SMILES string of the molecule is COc1ccc(-c2nc3cc(OC)ccc3nc2S(C)(=O)=O)cc1. The summed E-state index contributed by atoms with van der Waals surface area (Å²) < 4.78 is 34.7. The van der Waals surface area contributed by atoms with Gasteiger partial charge in [-0.2, -0.15) is 0 Å². The number of nitrogens with zero attached hydrogens (tertiary/aromatic N) is 2. The molecule has 0 atom stereocenters. The third-order valence-corrected chi connectivity index (χ3v) is 4.54. The first-order valence-electron chi connectivity index (χ1n) is 7.12. The van der Waals surface area contributed by atoms with Gasteiger partial charge in [-0.3, -0.25) is 0 Å². The van der Waals surface area contributed by atoms with Gasteiger partial charge < -0.3 is 9.47 Å². The Bertz CT molecular complexity index is 999. The lowest BCUT2D eigenvalue weighted by Gasteiger charge is -2.10. The normalized spacial score (nSPS) is 11.5. The van der Waals surface area contributed by atoms with Crippen molar-refractivity contribution >= 4 is 20.9 Å². The summed E-state index contributed by atoms with van der Waals surface area (Å²) in [7, 11) is -0.413. The van der Waals surface area contributed by atoms with Crippen molar-refractivity contribution in [2.45, 2.75) is 5.03 Å². The minimum Gasteiger partial charge on any atom is -0.497 e. The van der Waals surface area contributed by atoms with Crippen molar-refractivity contribution in [1.82, 2.24) is 9.97 Å². The Balaban J connectivity index is 2.29. The fourth-order valence-electron chi connectivity index (χ4n) is 2.34. The highest BCUT2D eigenvalue weighted by molar-refractivity contribution is 7.90. The second kappa shape index (κ2) is 6.09. The third-order valence-electron chi connectivity index (χ3n) is 3.55. The summed E-state index contributed by atoms with van der Waals surface area (Å²) in [5.74, 6) is 1.31. The average Bonchev–Trinajstić information content (AvgIpc) is 2.59. The third kappa shape index (κ3) is 3.03. The summed E-state index contributed by atoms with van der Waals surface area (Å²) in [4.78, 5) is 8.82. The molecule has 3 rings (SSSR count). The molecule has 0 unspecified atom stereocenters. The molecule has 1 aromatic heterocycles. The molecule has 7 heteroatoms. The predicted molar refractivity (Wildman–Crippen MR) is 91.2 cm³/mol. The van der Waals surface area contributed by atoms with Crippen molar-refractivity contribution in [3.8, 4) is 22.8 Å². The van der Waals surface area contributed by atoms with Crippen molar-refractivity contribution in [3.63, 3.8) is 0 Å². The van der Waals surface area contributed by atoms with E-state index in [1.807, 2.05) is 0 Å². The van der Waals surface area contributed by atoms with Crippen LogP contribution in [0, 0.1) is 0 Å². The van der Waals surface area contributed by atoms with E-state index in [1.165, 1.54) is 0 Å².